The Bertz CT molecular complexity index is 1080. The Labute approximate surface area is 168 Å². The smallest absolute Gasteiger partial charge is 0.259 e. The Kier molecular flexibility index (Phi) is 4.51. The molecule has 0 unspecified atom stereocenters. The molecule has 0 saturated heterocycles. The topological polar surface area (TPSA) is 63.7 Å². The van der Waals surface area contributed by atoms with Gasteiger partial charge in [0.2, 0.25) is 0 Å². The number of ether oxygens (including phenoxy) is 1. The van der Waals surface area contributed by atoms with Crippen LogP contribution in [0.3, 0.4) is 0 Å². The summed E-state index contributed by atoms with van der Waals surface area (Å²) in [6, 6.07) is 16.0. The van der Waals surface area contributed by atoms with E-state index in [1.54, 1.807) is 50.6 Å². The van der Waals surface area contributed by atoms with Gasteiger partial charge in [-0.05, 0) is 54.1 Å². The van der Waals surface area contributed by atoms with Crippen LogP contribution in [0, 0.1) is 0 Å². The molecule has 5 heteroatoms. The van der Waals surface area contributed by atoms with Gasteiger partial charge in [-0.2, -0.15) is 0 Å². The molecule has 144 valence electrons. The SMILES string of the molecule is COc1ccc(C(=O)C2=C(c3ccccc3)C3(C=CC(=O)C=C3)N(C)C2=O)cc1. The van der Waals surface area contributed by atoms with Crippen molar-refractivity contribution in [1.82, 2.24) is 4.90 Å². The molecule has 2 aliphatic rings. The summed E-state index contributed by atoms with van der Waals surface area (Å²) in [6.45, 7) is 0. The van der Waals surface area contributed by atoms with Crippen LogP contribution in [0.15, 0.2) is 84.5 Å². The number of ketones is 2. The minimum Gasteiger partial charge on any atom is -0.497 e. The molecule has 5 nitrogen and oxygen atoms in total. The van der Waals surface area contributed by atoms with Crippen molar-refractivity contribution in [3.63, 3.8) is 0 Å². The Hall–Kier alpha value is -3.73. The molecule has 1 heterocycles. The second kappa shape index (κ2) is 7.02. The molecule has 1 aliphatic carbocycles. The van der Waals surface area contributed by atoms with E-state index < -0.39 is 5.54 Å². The van der Waals surface area contributed by atoms with E-state index in [0.29, 0.717) is 16.9 Å². The van der Waals surface area contributed by atoms with Gasteiger partial charge in [-0.25, -0.2) is 0 Å². The number of rotatable bonds is 4. The molecule has 0 aromatic heterocycles. The number of hydrogen-bond acceptors (Lipinski definition) is 4. The van der Waals surface area contributed by atoms with E-state index in [9.17, 15) is 14.4 Å². The molecule has 0 bridgehead atoms. The van der Waals surface area contributed by atoms with Crippen LogP contribution >= 0.6 is 0 Å². The number of methoxy groups -OCH3 is 1. The largest absolute Gasteiger partial charge is 0.497 e. The highest BCUT2D eigenvalue weighted by atomic mass is 16.5. The van der Waals surface area contributed by atoms with Gasteiger partial charge in [0.05, 0.1) is 12.7 Å². The maximum Gasteiger partial charge on any atom is 0.259 e. The van der Waals surface area contributed by atoms with Crippen LogP contribution in [0.2, 0.25) is 0 Å². The second-order valence-electron chi connectivity index (χ2n) is 6.93. The van der Waals surface area contributed by atoms with E-state index in [-0.39, 0.29) is 23.0 Å². The van der Waals surface area contributed by atoms with Gasteiger partial charge in [0, 0.05) is 18.2 Å². The summed E-state index contributed by atoms with van der Waals surface area (Å²) in [5.41, 5.74) is 0.849. The van der Waals surface area contributed by atoms with Crippen LogP contribution < -0.4 is 4.74 Å². The number of allylic oxidation sites excluding steroid dienone is 2. The first-order valence-corrected chi connectivity index (χ1v) is 9.17. The van der Waals surface area contributed by atoms with Crippen LogP contribution in [-0.2, 0) is 9.59 Å². The summed E-state index contributed by atoms with van der Waals surface area (Å²) in [6.07, 6.45) is 6.24. The number of Topliss-reactive ketones (excluding diaryl/α,β-unsaturated/α-hetero) is 1. The van der Waals surface area contributed by atoms with Gasteiger partial charge in [-0.1, -0.05) is 30.3 Å². The molecule has 29 heavy (non-hydrogen) atoms. The molecule has 1 spiro atoms. The second-order valence-corrected chi connectivity index (χ2v) is 6.93. The lowest BCUT2D eigenvalue weighted by molar-refractivity contribution is -0.126. The summed E-state index contributed by atoms with van der Waals surface area (Å²) in [5.74, 6) is -0.270. The van der Waals surface area contributed by atoms with E-state index in [0.717, 1.165) is 5.56 Å². The molecule has 2 aromatic rings. The predicted molar refractivity (Wildman–Crippen MR) is 109 cm³/mol. The summed E-state index contributed by atoms with van der Waals surface area (Å²) < 4.78 is 5.15. The highest BCUT2D eigenvalue weighted by Gasteiger charge is 2.50. The molecule has 1 amide bonds. The van der Waals surface area contributed by atoms with Crippen molar-refractivity contribution >= 4 is 23.0 Å². The lowest BCUT2D eigenvalue weighted by Gasteiger charge is -2.34. The van der Waals surface area contributed by atoms with Crippen molar-refractivity contribution in [2.75, 3.05) is 14.2 Å². The summed E-state index contributed by atoms with van der Waals surface area (Å²) >= 11 is 0. The average Bonchev–Trinajstić information content (AvgIpc) is 2.98. The zero-order valence-corrected chi connectivity index (χ0v) is 16.1. The van der Waals surface area contributed by atoms with Gasteiger partial charge < -0.3 is 9.64 Å². The third-order valence-corrected chi connectivity index (χ3v) is 5.37. The molecule has 0 radical (unpaired) electrons. The Morgan fingerprint density at radius 3 is 2.14 bits per heavy atom. The molecule has 0 atom stereocenters. The number of likely N-dealkylation sites (N-methyl/N-ethyl adjacent to an activating group) is 1. The maximum absolute atomic E-state index is 13.4. The Morgan fingerprint density at radius 1 is 0.931 bits per heavy atom. The van der Waals surface area contributed by atoms with E-state index in [1.807, 2.05) is 30.3 Å². The van der Waals surface area contributed by atoms with E-state index in [1.165, 1.54) is 17.1 Å². The summed E-state index contributed by atoms with van der Waals surface area (Å²) in [4.78, 5) is 39.9. The summed E-state index contributed by atoms with van der Waals surface area (Å²) in [7, 11) is 3.19. The molecule has 4 rings (SSSR count). The third-order valence-electron chi connectivity index (χ3n) is 5.37. The average molecular weight is 385 g/mol. The van der Waals surface area contributed by atoms with Gasteiger partial charge in [0.1, 0.15) is 11.3 Å². The van der Waals surface area contributed by atoms with Gasteiger partial charge >= 0.3 is 0 Å². The highest BCUT2D eigenvalue weighted by molar-refractivity contribution is 6.33. The number of hydrogen-bond donors (Lipinski definition) is 0. The van der Waals surface area contributed by atoms with E-state index in [4.69, 9.17) is 4.74 Å². The van der Waals surface area contributed by atoms with Crippen LogP contribution in [0.1, 0.15) is 15.9 Å². The van der Waals surface area contributed by atoms with Crippen molar-refractivity contribution in [2.45, 2.75) is 5.54 Å². The maximum atomic E-state index is 13.4. The highest BCUT2D eigenvalue weighted by Crippen LogP contribution is 2.45. The fraction of sp³-hybridized carbons (Fsp3) is 0.125. The molecule has 1 aliphatic heterocycles. The minimum absolute atomic E-state index is 0.104. The zero-order valence-electron chi connectivity index (χ0n) is 16.1. The Balaban J connectivity index is 1.94. The molecule has 0 N–H and O–H groups in total. The number of carbonyl (C=O) groups is 3. The molecule has 2 aromatic carbocycles. The summed E-state index contributed by atoms with van der Waals surface area (Å²) in [5, 5.41) is 0. The molecule has 0 saturated carbocycles. The first kappa shape index (κ1) is 18.6. The van der Waals surface area contributed by atoms with Gasteiger partial charge in [0.25, 0.3) is 5.91 Å². The molecule has 0 fully saturated rings. The van der Waals surface area contributed by atoms with Crippen LogP contribution in [0.5, 0.6) is 5.75 Å². The number of benzene rings is 2. The number of carbonyl (C=O) groups excluding carboxylic acids is 3. The fourth-order valence-electron chi connectivity index (χ4n) is 3.81. The van der Waals surface area contributed by atoms with Crippen molar-refractivity contribution < 1.29 is 19.1 Å². The number of amides is 1. The van der Waals surface area contributed by atoms with Gasteiger partial charge in [0.15, 0.2) is 11.6 Å². The fourth-order valence-corrected chi connectivity index (χ4v) is 3.81. The van der Waals surface area contributed by atoms with Crippen LogP contribution in [-0.4, -0.2) is 42.1 Å². The van der Waals surface area contributed by atoms with Gasteiger partial charge in [-0.3, -0.25) is 14.4 Å². The van der Waals surface area contributed by atoms with Crippen molar-refractivity contribution in [3.05, 3.63) is 95.6 Å². The standard InChI is InChI=1S/C24H19NO4/c1-25-23(28)20(22(27)17-8-10-19(29-2)11-9-17)21(16-6-4-3-5-7-16)24(25)14-12-18(26)13-15-24/h3-15H,1-2H3. The van der Waals surface area contributed by atoms with Gasteiger partial charge in [-0.15, -0.1) is 0 Å². The van der Waals surface area contributed by atoms with Crippen molar-refractivity contribution in [1.29, 1.82) is 0 Å². The zero-order chi connectivity index (χ0) is 20.6. The molecular weight excluding hydrogens is 366 g/mol. The monoisotopic (exact) mass is 385 g/mol. The predicted octanol–water partition coefficient (Wildman–Crippen LogP) is 3.24. The lowest BCUT2D eigenvalue weighted by atomic mass is 9.80. The van der Waals surface area contributed by atoms with E-state index in [2.05, 4.69) is 0 Å². The Morgan fingerprint density at radius 2 is 1.55 bits per heavy atom. The minimum atomic E-state index is -0.982. The molecular formula is C24H19NO4. The van der Waals surface area contributed by atoms with Crippen LogP contribution in [0.4, 0.5) is 0 Å². The van der Waals surface area contributed by atoms with E-state index >= 15 is 0 Å². The third kappa shape index (κ3) is 2.91. The normalized spacial score (nSPS) is 17.4. The number of nitrogens with zero attached hydrogens (tertiary/aromatic N) is 1. The van der Waals surface area contributed by atoms with Crippen molar-refractivity contribution in [2.24, 2.45) is 0 Å². The lowest BCUT2D eigenvalue weighted by Crippen LogP contribution is -2.43. The quantitative estimate of drug-likeness (QED) is 0.599. The first-order chi connectivity index (χ1) is 14.0. The first-order valence-electron chi connectivity index (χ1n) is 9.17. The van der Waals surface area contributed by atoms with Crippen LogP contribution in [0.25, 0.3) is 5.57 Å². The van der Waals surface area contributed by atoms with Crippen molar-refractivity contribution in [3.8, 4) is 5.75 Å².